The van der Waals surface area contributed by atoms with Gasteiger partial charge in [0.1, 0.15) is 0 Å². The molecule has 0 N–H and O–H groups in total. The van der Waals surface area contributed by atoms with Crippen molar-refractivity contribution in [2.75, 3.05) is 7.05 Å². The molecule has 2 heteroatoms. The minimum Gasteiger partial charge on any atom is -0.345 e. The van der Waals surface area contributed by atoms with Crippen molar-refractivity contribution in [3.8, 4) is 0 Å². The lowest BCUT2D eigenvalue weighted by Crippen LogP contribution is -2.34. The zero-order valence-corrected chi connectivity index (χ0v) is 6.99. The van der Waals surface area contributed by atoms with Crippen molar-refractivity contribution < 1.29 is 4.79 Å². The van der Waals surface area contributed by atoms with Crippen molar-refractivity contribution in [3.05, 3.63) is 0 Å². The first-order valence-electron chi connectivity index (χ1n) is 4.48. The SMILES string of the molecule is CN(C=O)C1CC2CCC1C2. The molecule has 0 saturated heterocycles. The smallest absolute Gasteiger partial charge is 0.209 e. The van der Waals surface area contributed by atoms with Crippen molar-refractivity contribution in [1.82, 2.24) is 4.90 Å². The third-order valence-corrected chi connectivity index (χ3v) is 3.39. The molecule has 0 radical (unpaired) electrons. The van der Waals surface area contributed by atoms with Crippen LogP contribution in [0.2, 0.25) is 0 Å². The number of carbonyl (C=O) groups is 1. The second-order valence-electron chi connectivity index (χ2n) is 4.01. The van der Waals surface area contributed by atoms with E-state index in [1.165, 1.54) is 25.7 Å². The van der Waals surface area contributed by atoms with Crippen LogP contribution in [0.15, 0.2) is 0 Å². The fraction of sp³-hybridized carbons (Fsp3) is 0.889. The van der Waals surface area contributed by atoms with E-state index in [2.05, 4.69) is 0 Å². The highest BCUT2D eigenvalue weighted by Gasteiger charge is 2.40. The summed E-state index contributed by atoms with van der Waals surface area (Å²) < 4.78 is 0. The molecule has 62 valence electrons. The minimum atomic E-state index is 0.575. The normalized spacial score (nSPS) is 41.0. The van der Waals surface area contributed by atoms with Gasteiger partial charge in [-0.3, -0.25) is 4.79 Å². The summed E-state index contributed by atoms with van der Waals surface area (Å²) in [6.45, 7) is 0. The van der Waals surface area contributed by atoms with Gasteiger partial charge in [0.2, 0.25) is 6.41 Å². The van der Waals surface area contributed by atoms with Crippen LogP contribution >= 0.6 is 0 Å². The predicted molar refractivity (Wildman–Crippen MR) is 43.1 cm³/mol. The molecule has 11 heavy (non-hydrogen) atoms. The number of hydrogen-bond donors (Lipinski definition) is 0. The van der Waals surface area contributed by atoms with Crippen LogP contribution < -0.4 is 0 Å². The molecule has 3 unspecified atom stereocenters. The van der Waals surface area contributed by atoms with Gasteiger partial charge in [0.15, 0.2) is 0 Å². The van der Waals surface area contributed by atoms with E-state index in [1.54, 1.807) is 0 Å². The standard InChI is InChI=1S/C9H15NO/c1-10(6-11)9-5-7-2-3-8(9)4-7/h6-9H,2-5H2,1H3. The number of amides is 1. The maximum atomic E-state index is 10.5. The highest BCUT2D eigenvalue weighted by molar-refractivity contribution is 5.47. The molecule has 1 amide bonds. The predicted octanol–water partition coefficient (Wildman–Crippen LogP) is 1.26. The molecule has 0 aromatic rings. The Labute approximate surface area is 67.6 Å². The van der Waals surface area contributed by atoms with Crippen LogP contribution in [0.1, 0.15) is 25.7 Å². The Morgan fingerprint density at radius 1 is 1.36 bits per heavy atom. The van der Waals surface area contributed by atoms with Gasteiger partial charge in [-0.25, -0.2) is 0 Å². The molecule has 0 aliphatic heterocycles. The highest BCUT2D eigenvalue weighted by atomic mass is 16.1. The minimum absolute atomic E-state index is 0.575. The molecule has 0 spiro atoms. The molecule has 0 aromatic heterocycles. The third kappa shape index (κ3) is 1.05. The number of nitrogens with zero attached hydrogens (tertiary/aromatic N) is 1. The maximum absolute atomic E-state index is 10.5. The topological polar surface area (TPSA) is 20.3 Å². The lowest BCUT2D eigenvalue weighted by atomic mass is 9.95. The summed E-state index contributed by atoms with van der Waals surface area (Å²) in [6, 6.07) is 0.575. The van der Waals surface area contributed by atoms with Crippen LogP contribution in [0.4, 0.5) is 0 Å². The zero-order chi connectivity index (χ0) is 7.84. The summed E-state index contributed by atoms with van der Waals surface area (Å²) in [5.74, 6) is 1.77. The summed E-state index contributed by atoms with van der Waals surface area (Å²) >= 11 is 0. The average molecular weight is 153 g/mol. The number of rotatable bonds is 2. The van der Waals surface area contributed by atoms with Gasteiger partial charge in [0.05, 0.1) is 0 Å². The summed E-state index contributed by atoms with van der Waals surface area (Å²) in [6.07, 6.45) is 6.38. The zero-order valence-electron chi connectivity index (χ0n) is 6.99. The molecule has 0 heterocycles. The van der Waals surface area contributed by atoms with Crippen LogP contribution in [0.25, 0.3) is 0 Å². The molecule has 3 atom stereocenters. The van der Waals surface area contributed by atoms with Crippen LogP contribution in [0.5, 0.6) is 0 Å². The highest BCUT2D eigenvalue weighted by Crippen LogP contribution is 2.45. The van der Waals surface area contributed by atoms with E-state index in [4.69, 9.17) is 0 Å². The van der Waals surface area contributed by atoms with E-state index >= 15 is 0 Å². The second-order valence-corrected chi connectivity index (χ2v) is 4.01. The number of carbonyl (C=O) groups excluding carboxylic acids is 1. The van der Waals surface area contributed by atoms with Crippen molar-refractivity contribution in [3.63, 3.8) is 0 Å². The largest absolute Gasteiger partial charge is 0.345 e. The summed E-state index contributed by atoms with van der Waals surface area (Å²) in [4.78, 5) is 12.4. The summed E-state index contributed by atoms with van der Waals surface area (Å²) in [5.41, 5.74) is 0. The van der Waals surface area contributed by atoms with Gasteiger partial charge in [-0.15, -0.1) is 0 Å². The Hall–Kier alpha value is -0.530. The Bertz CT molecular complexity index is 169. The molecule has 2 aliphatic carbocycles. The van der Waals surface area contributed by atoms with Crippen LogP contribution in [0.3, 0.4) is 0 Å². The fourth-order valence-electron chi connectivity index (χ4n) is 2.79. The molecular weight excluding hydrogens is 138 g/mol. The first-order valence-corrected chi connectivity index (χ1v) is 4.48. The van der Waals surface area contributed by atoms with Crippen molar-refractivity contribution in [1.29, 1.82) is 0 Å². The molecule has 2 nitrogen and oxygen atoms in total. The van der Waals surface area contributed by atoms with Crippen molar-refractivity contribution in [2.24, 2.45) is 11.8 Å². The van der Waals surface area contributed by atoms with E-state index in [-0.39, 0.29) is 0 Å². The van der Waals surface area contributed by atoms with Gasteiger partial charge in [-0.1, -0.05) is 6.42 Å². The van der Waals surface area contributed by atoms with Gasteiger partial charge < -0.3 is 4.90 Å². The van der Waals surface area contributed by atoms with Crippen molar-refractivity contribution >= 4 is 6.41 Å². The maximum Gasteiger partial charge on any atom is 0.209 e. The lowest BCUT2D eigenvalue weighted by Gasteiger charge is -2.28. The Kier molecular flexibility index (Phi) is 1.63. The van der Waals surface area contributed by atoms with E-state index in [0.717, 1.165) is 18.2 Å². The monoisotopic (exact) mass is 153 g/mol. The van der Waals surface area contributed by atoms with Crippen LogP contribution in [-0.2, 0) is 4.79 Å². The molecular formula is C9H15NO. The summed E-state index contributed by atoms with van der Waals surface area (Å²) in [5, 5.41) is 0. The van der Waals surface area contributed by atoms with Gasteiger partial charge >= 0.3 is 0 Å². The van der Waals surface area contributed by atoms with Gasteiger partial charge in [-0.2, -0.15) is 0 Å². The van der Waals surface area contributed by atoms with Gasteiger partial charge in [0, 0.05) is 13.1 Å². The first kappa shape index (κ1) is 7.14. The van der Waals surface area contributed by atoms with E-state index in [0.29, 0.717) is 6.04 Å². The van der Waals surface area contributed by atoms with Crippen LogP contribution in [-0.4, -0.2) is 24.4 Å². The summed E-state index contributed by atoms with van der Waals surface area (Å²) in [7, 11) is 1.92. The number of fused-ring (bicyclic) bond motifs is 2. The van der Waals surface area contributed by atoms with Gasteiger partial charge in [0.25, 0.3) is 0 Å². The quantitative estimate of drug-likeness (QED) is 0.547. The average Bonchev–Trinajstić information content (AvgIpc) is 2.62. The van der Waals surface area contributed by atoms with Crippen molar-refractivity contribution in [2.45, 2.75) is 31.7 Å². The molecule has 2 saturated carbocycles. The first-order chi connectivity index (χ1) is 5.31. The molecule has 2 fully saturated rings. The fourth-order valence-corrected chi connectivity index (χ4v) is 2.79. The Balaban J connectivity index is 2.01. The molecule has 2 rings (SSSR count). The molecule has 2 aliphatic rings. The second kappa shape index (κ2) is 2.50. The van der Waals surface area contributed by atoms with Gasteiger partial charge in [-0.05, 0) is 31.1 Å². The molecule has 0 aromatic carbocycles. The Morgan fingerprint density at radius 2 is 2.18 bits per heavy atom. The van der Waals surface area contributed by atoms with E-state index in [9.17, 15) is 4.79 Å². The van der Waals surface area contributed by atoms with E-state index < -0.39 is 0 Å². The Morgan fingerprint density at radius 3 is 2.64 bits per heavy atom. The third-order valence-electron chi connectivity index (χ3n) is 3.39. The lowest BCUT2D eigenvalue weighted by molar-refractivity contribution is -0.119. The number of hydrogen-bond acceptors (Lipinski definition) is 1. The van der Waals surface area contributed by atoms with E-state index in [1.807, 2.05) is 11.9 Å². The molecule has 2 bridgehead atoms. The van der Waals surface area contributed by atoms with Crippen LogP contribution in [0, 0.1) is 11.8 Å².